The molecule has 3 heterocycles. The Morgan fingerprint density at radius 3 is 2.77 bits per heavy atom. The van der Waals surface area contributed by atoms with Crippen molar-refractivity contribution in [2.24, 2.45) is 0 Å². The molecule has 0 bridgehead atoms. The minimum absolute atomic E-state index is 0.0724. The minimum atomic E-state index is -0.303. The molecular weight excluding hydrogens is 401 g/mol. The van der Waals surface area contributed by atoms with Crippen molar-refractivity contribution in [1.29, 1.82) is 0 Å². The first-order valence-corrected chi connectivity index (χ1v) is 9.66. The highest BCUT2D eigenvalue weighted by Gasteiger charge is 2.18. The summed E-state index contributed by atoms with van der Waals surface area (Å²) in [5.41, 5.74) is 8.90. The fraction of sp³-hybridized carbons (Fsp3) is 0.238. The number of carbonyl (C=O) groups excluding carboxylic acids is 1. The fourth-order valence-electron chi connectivity index (χ4n) is 3.30. The number of pyridine rings is 1. The van der Waals surface area contributed by atoms with Gasteiger partial charge in [-0.3, -0.25) is 9.48 Å². The Labute approximate surface area is 177 Å². The highest BCUT2D eigenvalue weighted by atomic mass is 19.1. The van der Waals surface area contributed by atoms with Crippen molar-refractivity contribution in [3.8, 4) is 11.1 Å². The molecule has 1 amide bonds. The summed E-state index contributed by atoms with van der Waals surface area (Å²) in [5, 5.41) is 11.4. The second-order valence-electron chi connectivity index (χ2n) is 7.26. The highest BCUT2D eigenvalue weighted by molar-refractivity contribution is 6.01. The van der Waals surface area contributed by atoms with Crippen LogP contribution in [0.2, 0.25) is 0 Å². The summed E-state index contributed by atoms with van der Waals surface area (Å²) in [6, 6.07) is 7.81. The topological polar surface area (TPSA) is 112 Å². The maximum Gasteiger partial charge on any atom is 0.255 e. The third-order valence-electron chi connectivity index (χ3n) is 4.71. The first kappa shape index (κ1) is 20.5. The van der Waals surface area contributed by atoms with Crippen LogP contribution in [0.5, 0.6) is 0 Å². The quantitative estimate of drug-likeness (QED) is 0.471. The lowest BCUT2D eigenvalue weighted by molar-refractivity contribution is 0.0906. The number of amides is 1. The third-order valence-corrected chi connectivity index (χ3v) is 4.71. The molecule has 4 aromatic rings. The maximum absolute atomic E-state index is 13.1. The number of rotatable bonds is 7. The molecule has 0 aliphatic carbocycles. The van der Waals surface area contributed by atoms with Gasteiger partial charge in [-0.15, -0.1) is 5.10 Å². The number of anilines is 1. The number of ether oxygens (including phenoxy) is 1. The molecule has 0 fully saturated rings. The van der Waals surface area contributed by atoms with Crippen LogP contribution < -0.4 is 11.1 Å². The van der Waals surface area contributed by atoms with E-state index in [2.05, 4.69) is 20.5 Å². The van der Waals surface area contributed by atoms with Gasteiger partial charge in [-0.1, -0.05) is 12.1 Å². The van der Waals surface area contributed by atoms with Gasteiger partial charge in [0.2, 0.25) is 5.95 Å². The lowest BCUT2D eigenvalue weighted by Gasteiger charge is -2.13. The molecule has 0 aliphatic heterocycles. The van der Waals surface area contributed by atoms with Gasteiger partial charge in [0.1, 0.15) is 5.82 Å². The molecule has 0 spiro atoms. The first-order chi connectivity index (χ1) is 14.9. The summed E-state index contributed by atoms with van der Waals surface area (Å²) in [6.45, 7) is 2.72. The molecule has 160 valence electrons. The van der Waals surface area contributed by atoms with Crippen LogP contribution in [0, 0.1) is 5.82 Å². The van der Waals surface area contributed by atoms with Crippen molar-refractivity contribution in [1.82, 2.24) is 29.7 Å². The van der Waals surface area contributed by atoms with Crippen molar-refractivity contribution in [3.05, 3.63) is 65.9 Å². The number of aromatic nitrogens is 5. The number of benzene rings is 1. The fourth-order valence-corrected chi connectivity index (χ4v) is 3.30. The number of hydrogen-bond acceptors (Lipinski definition) is 6. The van der Waals surface area contributed by atoms with E-state index in [0.717, 1.165) is 16.7 Å². The number of methoxy groups -OCH3 is 1. The van der Waals surface area contributed by atoms with Crippen LogP contribution in [-0.4, -0.2) is 50.0 Å². The van der Waals surface area contributed by atoms with Crippen LogP contribution in [-0.2, 0) is 11.3 Å². The van der Waals surface area contributed by atoms with Crippen LogP contribution in [0.1, 0.15) is 22.8 Å². The highest BCUT2D eigenvalue weighted by Crippen LogP contribution is 2.23. The normalized spacial score (nSPS) is 12.2. The largest absolute Gasteiger partial charge is 0.383 e. The number of fused-ring (bicyclic) bond motifs is 1. The van der Waals surface area contributed by atoms with Crippen LogP contribution in [0.15, 0.2) is 48.9 Å². The predicted octanol–water partition coefficient (Wildman–Crippen LogP) is 2.13. The van der Waals surface area contributed by atoms with E-state index in [1.165, 1.54) is 16.6 Å². The van der Waals surface area contributed by atoms with Crippen molar-refractivity contribution < 1.29 is 13.9 Å². The zero-order valence-electron chi connectivity index (χ0n) is 17.1. The van der Waals surface area contributed by atoms with Gasteiger partial charge in [-0.2, -0.15) is 10.1 Å². The van der Waals surface area contributed by atoms with Gasteiger partial charge >= 0.3 is 0 Å². The zero-order valence-corrected chi connectivity index (χ0v) is 17.1. The van der Waals surface area contributed by atoms with Crippen molar-refractivity contribution in [2.75, 3.05) is 19.5 Å². The van der Waals surface area contributed by atoms with Crippen molar-refractivity contribution in [2.45, 2.75) is 19.5 Å². The number of carbonyl (C=O) groups is 1. The Hall–Kier alpha value is -3.79. The molecular formula is C21H22FN7O2. The molecule has 0 radical (unpaired) electrons. The number of hydrogen-bond donors (Lipinski definition) is 2. The van der Waals surface area contributed by atoms with Gasteiger partial charge in [0.05, 0.1) is 24.9 Å². The molecule has 1 aromatic carbocycles. The van der Waals surface area contributed by atoms with Crippen LogP contribution in [0.4, 0.5) is 10.3 Å². The van der Waals surface area contributed by atoms with E-state index in [4.69, 9.17) is 10.5 Å². The molecule has 1 atom stereocenters. The van der Waals surface area contributed by atoms with E-state index in [1.807, 2.05) is 13.1 Å². The minimum Gasteiger partial charge on any atom is -0.383 e. The van der Waals surface area contributed by atoms with Crippen molar-refractivity contribution >= 4 is 17.5 Å². The number of nitrogens with zero attached hydrogens (tertiary/aromatic N) is 5. The van der Waals surface area contributed by atoms with Crippen LogP contribution in [0.25, 0.3) is 16.8 Å². The van der Waals surface area contributed by atoms with E-state index < -0.39 is 0 Å². The van der Waals surface area contributed by atoms with Gasteiger partial charge < -0.3 is 15.8 Å². The molecule has 3 aromatic heterocycles. The summed E-state index contributed by atoms with van der Waals surface area (Å²) in [5.74, 6) is -0.512. The summed E-state index contributed by atoms with van der Waals surface area (Å²) in [7, 11) is 1.57. The van der Waals surface area contributed by atoms with Crippen LogP contribution in [0.3, 0.4) is 0 Å². The van der Waals surface area contributed by atoms with Gasteiger partial charge in [-0.25, -0.2) is 8.91 Å². The summed E-state index contributed by atoms with van der Waals surface area (Å²) < 4.78 is 21.4. The average molecular weight is 423 g/mol. The maximum atomic E-state index is 13.1. The molecule has 31 heavy (non-hydrogen) atoms. The number of nitrogens with one attached hydrogen (secondary N) is 1. The average Bonchev–Trinajstić information content (AvgIpc) is 3.34. The summed E-state index contributed by atoms with van der Waals surface area (Å²) in [4.78, 5) is 17.0. The lowest BCUT2D eigenvalue weighted by Crippen LogP contribution is -2.35. The van der Waals surface area contributed by atoms with E-state index >= 15 is 0 Å². The Kier molecular flexibility index (Phi) is 5.63. The molecule has 0 saturated carbocycles. The summed E-state index contributed by atoms with van der Waals surface area (Å²) in [6.07, 6.45) is 5.29. The van der Waals surface area contributed by atoms with Gasteiger partial charge in [0.15, 0.2) is 5.65 Å². The molecule has 4 rings (SSSR count). The van der Waals surface area contributed by atoms with E-state index in [-0.39, 0.29) is 23.7 Å². The molecule has 0 saturated heterocycles. The second-order valence-corrected chi connectivity index (χ2v) is 7.26. The van der Waals surface area contributed by atoms with Gasteiger partial charge in [-0.05, 0) is 30.7 Å². The Balaban J connectivity index is 1.65. The lowest BCUT2D eigenvalue weighted by atomic mass is 10.1. The molecule has 10 heteroatoms. The zero-order chi connectivity index (χ0) is 22.0. The number of nitrogens with two attached hydrogens (primary N) is 1. The first-order valence-electron chi connectivity index (χ1n) is 9.66. The molecule has 0 aliphatic rings. The standard InChI is InChI=1S/C21H22FN7O2/c1-13(12-31-2)25-20(30)18-7-15(11-29-19(18)26-21(23)27-29)16-8-24-28(10-16)9-14-3-5-17(22)6-4-14/h3-8,10-11,13H,9,12H2,1-2H3,(H2,23,27)(H,25,30). The SMILES string of the molecule is COCC(C)NC(=O)c1cc(-c2cnn(Cc3ccc(F)cc3)c2)cn2nc(N)nc12. The third kappa shape index (κ3) is 4.53. The smallest absolute Gasteiger partial charge is 0.255 e. The molecule has 1 unspecified atom stereocenters. The molecule has 9 nitrogen and oxygen atoms in total. The second kappa shape index (κ2) is 8.52. The van der Waals surface area contributed by atoms with Crippen LogP contribution >= 0.6 is 0 Å². The van der Waals surface area contributed by atoms with Gasteiger partial charge in [0.25, 0.3) is 5.91 Å². The van der Waals surface area contributed by atoms with E-state index in [0.29, 0.717) is 24.4 Å². The van der Waals surface area contributed by atoms with Gasteiger partial charge in [0, 0.05) is 36.7 Å². The van der Waals surface area contributed by atoms with Crippen molar-refractivity contribution in [3.63, 3.8) is 0 Å². The van der Waals surface area contributed by atoms with E-state index in [9.17, 15) is 9.18 Å². The Morgan fingerprint density at radius 1 is 1.26 bits per heavy atom. The van der Waals surface area contributed by atoms with E-state index in [1.54, 1.807) is 42.4 Å². The summed E-state index contributed by atoms with van der Waals surface area (Å²) >= 11 is 0. The molecule has 3 N–H and O–H groups in total. The Morgan fingerprint density at radius 2 is 2.03 bits per heavy atom. The number of halogens is 1. The predicted molar refractivity (Wildman–Crippen MR) is 113 cm³/mol. The number of nitrogen functional groups attached to an aromatic ring is 1. The monoisotopic (exact) mass is 423 g/mol. The Bertz CT molecular complexity index is 1220.